The third kappa shape index (κ3) is 5.63. The molecule has 1 aliphatic rings. The molecule has 0 bridgehead atoms. The van der Waals surface area contributed by atoms with Crippen LogP contribution >= 0.6 is 0 Å². The monoisotopic (exact) mass is 494 g/mol. The lowest BCUT2D eigenvalue weighted by molar-refractivity contribution is -0.130. The second-order valence-corrected chi connectivity index (χ2v) is 10.1. The van der Waals surface area contributed by atoms with E-state index in [0.29, 0.717) is 17.0 Å². The summed E-state index contributed by atoms with van der Waals surface area (Å²) in [5.74, 6) is -0.605. The van der Waals surface area contributed by atoms with Crippen molar-refractivity contribution < 1.29 is 27.5 Å². The first-order valence-electron chi connectivity index (χ1n) is 11.1. The van der Waals surface area contributed by atoms with E-state index in [1.54, 1.807) is 54.6 Å². The second-order valence-electron chi connectivity index (χ2n) is 8.18. The van der Waals surface area contributed by atoms with Crippen LogP contribution < -0.4 is 14.4 Å². The fourth-order valence-electron chi connectivity index (χ4n) is 3.45. The van der Waals surface area contributed by atoms with Crippen LogP contribution in [0.5, 0.6) is 5.75 Å². The van der Waals surface area contributed by atoms with Gasteiger partial charge in [-0.25, -0.2) is 13.2 Å². The molecule has 1 fully saturated rings. The first kappa shape index (κ1) is 24.3. The lowest BCUT2D eigenvalue weighted by Gasteiger charge is -2.20. The van der Waals surface area contributed by atoms with E-state index in [-0.39, 0.29) is 16.5 Å². The Morgan fingerprint density at radius 1 is 0.971 bits per heavy atom. The van der Waals surface area contributed by atoms with E-state index in [2.05, 4.69) is 5.32 Å². The number of hydrogen-bond acceptors (Lipinski definition) is 6. The van der Waals surface area contributed by atoms with Gasteiger partial charge in [0, 0.05) is 18.7 Å². The number of benzene rings is 3. The highest BCUT2D eigenvalue weighted by Gasteiger charge is 2.31. The van der Waals surface area contributed by atoms with Crippen LogP contribution in [0, 0.1) is 0 Å². The Labute approximate surface area is 204 Å². The predicted octanol–water partition coefficient (Wildman–Crippen LogP) is 3.70. The van der Waals surface area contributed by atoms with Crippen LogP contribution in [0.4, 0.5) is 5.69 Å². The Morgan fingerprint density at radius 3 is 2.29 bits per heavy atom. The zero-order chi connectivity index (χ0) is 25.0. The number of sulfonamides is 1. The molecule has 1 saturated carbocycles. The molecule has 0 radical (unpaired) electrons. The lowest BCUT2D eigenvalue weighted by atomic mass is 10.1. The van der Waals surface area contributed by atoms with Crippen molar-refractivity contribution in [3.05, 3.63) is 90.0 Å². The highest BCUT2D eigenvalue weighted by atomic mass is 32.2. The van der Waals surface area contributed by atoms with Crippen molar-refractivity contribution in [1.82, 2.24) is 5.32 Å². The minimum atomic E-state index is -3.97. The molecule has 0 heterocycles. The fourth-order valence-corrected chi connectivity index (χ4v) is 4.69. The molecule has 0 aromatic heterocycles. The molecule has 1 N–H and O–H groups in total. The van der Waals surface area contributed by atoms with E-state index in [1.807, 2.05) is 0 Å². The molecule has 1 unspecified atom stereocenters. The second kappa shape index (κ2) is 10.2. The maximum absolute atomic E-state index is 13.2. The van der Waals surface area contributed by atoms with Crippen molar-refractivity contribution in [2.24, 2.45) is 0 Å². The highest BCUT2D eigenvalue weighted by Crippen LogP contribution is 2.27. The fraction of sp³-hybridized carbons (Fsp3) is 0.231. The summed E-state index contributed by atoms with van der Waals surface area (Å²) in [6.07, 6.45) is 0.637. The summed E-state index contributed by atoms with van der Waals surface area (Å²) in [7, 11) is -1.01. The Kier molecular flexibility index (Phi) is 7.07. The number of anilines is 1. The molecule has 9 heteroatoms. The number of nitrogens with one attached hydrogen (secondary N) is 1. The summed E-state index contributed by atoms with van der Waals surface area (Å²) in [5, 5.41) is 2.86. The first-order valence-corrected chi connectivity index (χ1v) is 12.5. The van der Waals surface area contributed by atoms with Gasteiger partial charge >= 0.3 is 5.97 Å². The van der Waals surface area contributed by atoms with Gasteiger partial charge in [0.2, 0.25) is 6.10 Å². The number of nitrogens with zero attached hydrogens (tertiary/aromatic N) is 1. The van der Waals surface area contributed by atoms with Crippen LogP contribution in [0.3, 0.4) is 0 Å². The molecule has 3 aromatic rings. The zero-order valence-electron chi connectivity index (χ0n) is 19.4. The van der Waals surface area contributed by atoms with Crippen LogP contribution in [0.2, 0.25) is 0 Å². The van der Waals surface area contributed by atoms with Gasteiger partial charge in [0.25, 0.3) is 15.9 Å². The average Bonchev–Trinajstić information content (AvgIpc) is 3.71. The summed E-state index contributed by atoms with van der Waals surface area (Å²) < 4.78 is 38.3. The molecule has 1 amide bonds. The van der Waals surface area contributed by atoms with E-state index in [0.717, 1.165) is 17.1 Å². The Hall–Kier alpha value is -3.85. The summed E-state index contributed by atoms with van der Waals surface area (Å²) in [5.41, 5.74) is 0.982. The molecular weight excluding hydrogens is 468 g/mol. The Morgan fingerprint density at radius 2 is 1.66 bits per heavy atom. The average molecular weight is 495 g/mol. The third-order valence-corrected chi connectivity index (χ3v) is 7.43. The van der Waals surface area contributed by atoms with Crippen LogP contribution in [0.15, 0.2) is 83.8 Å². The maximum Gasteiger partial charge on any atom is 0.339 e. The molecule has 1 atom stereocenters. The molecular formula is C26H26N2O6S. The number of esters is 1. The zero-order valence-corrected chi connectivity index (χ0v) is 20.2. The SMILES string of the molecule is COc1ccc(N(C)S(=O)(=O)c2cccc(C(=O)OC(C(=O)NC3CC3)c3ccccc3)c2)cc1. The number of rotatable bonds is 9. The van der Waals surface area contributed by atoms with Gasteiger partial charge in [-0.05, 0) is 55.3 Å². The highest BCUT2D eigenvalue weighted by molar-refractivity contribution is 7.92. The van der Waals surface area contributed by atoms with Crippen molar-refractivity contribution in [3.63, 3.8) is 0 Å². The smallest absolute Gasteiger partial charge is 0.339 e. The van der Waals surface area contributed by atoms with Gasteiger partial charge in [-0.2, -0.15) is 0 Å². The van der Waals surface area contributed by atoms with Gasteiger partial charge < -0.3 is 14.8 Å². The predicted molar refractivity (Wildman–Crippen MR) is 131 cm³/mol. The van der Waals surface area contributed by atoms with E-state index in [9.17, 15) is 18.0 Å². The molecule has 0 aliphatic heterocycles. The number of carbonyl (C=O) groups is 2. The molecule has 35 heavy (non-hydrogen) atoms. The number of ether oxygens (including phenoxy) is 2. The van der Waals surface area contributed by atoms with Gasteiger partial charge in [0.1, 0.15) is 5.75 Å². The van der Waals surface area contributed by atoms with Crippen molar-refractivity contribution in [3.8, 4) is 5.75 Å². The molecule has 0 saturated heterocycles. The normalized spacial score (nSPS) is 14.0. The number of hydrogen-bond donors (Lipinski definition) is 1. The molecule has 8 nitrogen and oxygen atoms in total. The molecule has 4 rings (SSSR count). The first-order chi connectivity index (χ1) is 16.8. The quantitative estimate of drug-likeness (QED) is 0.455. The standard InChI is InChI=1S/C26H26N2O6S/c1-28(21-13-15-22(33-2)16-14-21)35(31,32)23-10-6-9-19(17-23)26(30)34-24(18-7-4-3-5-8-18)25(29)27-20-11-12-20/h3-10,13-17,20,24H,11-12H2,1-2H3,(H,27,29). The largest absolute Gasteiger partial charge is 0.497 e. The Balaban J connectivity index is 1.56. The van der Waals surface area contributed by atoms with Gasteiger partial charge in [-0.1, -0.05) is 36.4 Å². The van der Waals surface area contributed by atoms with Crippen molar-refractivity contribution >= 4 is 27.6 Å². The summed E-state index contributed by atoms with van der Waals surface area (Å²) in [4.78, 5) is 25.7. The van der Waals surface area contributed by atoms with Crippen molar-refractivity contribution in [2.75, 3.05) is 18.5 Å². The molecule has 3 aromatic carbocycles. The van der Waals surface area contributed by atoms with E-state index >= 15 is 0 Å². The van der Waals surface area contributed by atoms with Gasteiger partial charge in [-0.3, -0.25) is 9.10 Å². The van der Waals surface area contributed by atoms with E-state index in [4.69, 9.17) is 9.47 Å². The minimum absolute atomic E-state index is 0.0226. The van der Waals surface area contributed by atoms with Crippen LogP contribution in [-0.4, -0.2) is 40.5 Å². The van der Waals surface area contributed by atoms with Crippen molar-refractivity contribution in [1.29, 1.82) is 0 Å². The number of amides is 1. The number of carbonyl (C=O) groups excluding carboxylic acids is 2. The topological polar surface area (TPSA) is 102 Å². The van der Waals surface area contributed by atoms with Gasteiger partial charge in [0.15, 0.2) is 0 Å². The minimum Gasteiger partial charge on any atom is -0.497 e. The van der Waals surface area contributed by atoms with Crippen molar-refractivity contribution in [2.45, 2.75) is 29.9 Å². The van der Waals surface area contributed by atoms with E-state index < -0.39 is 28.0 Å². The lowest BCUT2D eigenvalue weighted by Crippen LogP contribution is -2.33. The van der Waals surface area contributed by atoms with E-state index in [1.165, 1.54) is 38.4 Å². The number of methoxy groups -OCH3 is 1. The Bertz CT molecular complexity index is 1310. The summed E-state index contributed by atoms with van der Waals surface area (Å²) in [6.45, 7) is 0. The molecule has 0 spiro atoms. The third-order valence-electron chi connectivity index (χ3n) is 5.65. The van der Waals surface area contributed by atoms with Crippen LogP contribution in [0.25, 0.3) is 0 Å². The summed E-state index contributed by atoms with van der Waals surface area (Å²) in [6, 6.07) is 20.9. The van der Waals surface area contributed by atoms with Crippen LogP contribution in [-0.2, 0) is 19.6 Å². The van der Waals surface area contributed by atoms with Crippen LogP contribution in [0.1, 0.15) is 34.9 Å². The van der Waals surface area contributed by atoms with Gasteiger partial charge in [0.05, 0.1) is 23.3 Å². The molecule has 1 aliphatic carbocycles. The summed E-state index contributed by atoms with van der Waals surface area (Å²) >= 11 is 0. The maximum atomic E-state index is 13.2. The molecule has 182 valence electrons. The van der Waals surface area contributed by atoms with Gasteiger partial charge in [-0.15, -0.1) is 0 Å².